The van der Waals surface area contributed by atoms with Gasteiger partial charge in [0.2, 0.25) is 5.88 Å². The summed E-state index contributed by atoms with van der Waals surface area (Å²) >= 11 is 0. The number of nitrogens with one attached hydrogen (secondary N) is 1. The largest absolute Gasteiger partial charge is 0.414 e. The van der Waals surface area contributed by atoms with E-state index in [1.165, 1.54) is 0 Å². The molecule has 0 aliphatic heterocycles. The summed E-state index contributed by atoms with van der Waals surface area (Å²) in [6.07, 6.45) is 2.02. The Morgan fingerprint density at radius 3 is 2.35 bits per heavy atom. The maximum Gasteiger partial charge on any atom is 0.414 e. The van der Waals surface area contributed by atoms with Gasteiger partial charge in [-0.15, -0.1) is 0 Å². The zero-order valence-corrected chi connectivity index (χ0v) is 21.7. The monoisotopic (exact) mass is 498 g/mol. The Morgan fingerprint density at radius 1 is 0.946 bits per heavy atom. The van der Waals surface area contributed by atoms with E-state index in [4.69, 9.17) is 10.5 Å². The van der Waals surface area contributed by atoms with Crippen molar-refractivity contribution in [2.75, 3.05) is 0 Å². The lowest BCUT2D eigenvalue weighted by Gasteiger charge is -2.13. The van der Waals surface area contributed by atoms with Crippen molar-refractivity contribution in [3.05, 3.63) is 122 Å². The Bertz CT molecular complexity index is 1430. The fourth-order valence-electron chi connectivity index (χ4n) is 4.48. The number of hydrogen-bond acceptors (Lipinski definition) is 4. The van der Waals surface area contributed by atoms with Crippen LogP contribution < -0.4 is 21.3 Å². The molecule has 0 saturated carbocycles. The van der Waals surface area contributed by atoms with E-state index < -0.39 is 6.09 Å². The van der Waals surface area contributed by atoms with Gasteiger partial charge in [-0.05, 0) is 60.2 Å². The second-order valence-electron chi connectivity index (χ2n) is 9.22. The molecule has 2 aromatic heterocycles. The number of rotatable bonds is 9. The van der Waals surface area contributed by atoms with Crippen LogP contribution in [-0.4, -0.2) is 15.2 Å². The van der Waals surface area contributed by atoms with Crippen LogP contribution in [0.4, 0.5) is 4.79 Å². The summed E-state index contributed by atoms with van der Waals surface area (Å²) in [5.41, 5.74) is 13.2. The number of benzene rings is 2. The molecule has 0 saturated heterocycles. The van der Waals surface area contributed by atoms with Crippen LogP contribution in [0.1, 0.15) is 46.0 Å². The third-order valence-corrected chi connectivity index (χ3v) is 6.61. The highest BCUT2D eigenvalue weighted by Crippen LogP contribution is 2.25. The smallest absolute Gasteiger partial charge is 0.393 e. The molecule has 1 amide bonds. The molecule has 0 fully saturated rings. The van der Waals surface area contributed by atoms with E-state index in [-0.39, 0.29) is 5.56 Å². The Morgan fingerprint density at radius 2 is 1.68 bits per heavy atom. The minimum absolute atomic E-state index is 0.0147. The molecule has 0 spiro atoms. The number of aromatic nitrogens is 2. The number of amides is 1. The first-order chi connectivity index (χ1) is 17.9. The van der Waals surface area contributed by atoms with Gasteiger partial charge < -0.3 is 24.9 Å². The summed E-state index contributed by atoms with van der Waals surface area (Å²) in [4.78, 5) is 24.6. The van der Waals surface area contributed by atoms with Gasteiger partial charge in [0.1, 0.15) is 0 Å². The zero-order chi connectivity index (χ0) is 26.4. The number of hydrogen-bond donors (Lipinski definition) is 2. The first-order valence-electron chi connectivity index (χ1n) is 12.5. The van der Waals surface area contributed by atoms with Crippen LogP contribution in [0.15, 0.2) is 77.7 Å². The molecule has 2 aromatic carbocycles. The van der Waals surface area contributed by atoms with Crippen LogP contribution in [-0.2, 0) is 32.6 Å². The van der Waals surface area contributed by atoms with Crippen molar-refractivity contribution in [2.24, 2.45) is 5.73 Å². The summed E-state index contributed by atoms with van der Waals surface area (Å²) in [7, 11) is 0. The number of carbonyl (C=O) groups excluding carboxylic acids is 1. The van der Waals surface area contributed by atoms with E-state index in [9.17, 15) is 9.59 Å². The van der Waals surface area contributed by atoms with Gasteiger partial charge in [-0.25, -0.2) is 4.79 Å². The Kier molecular flexibility index (Phi) is 8.25. The van der Waals surface area contributed by atoms with Gasteiger partial charge in [-0.2, -0.15) is 0 Å². The number of aryl methyl sites for hydroxylation is 2. The average molecular weight is 499 g/mol. The number of pyridine rings is 1. The molecule has 0 radical (unpaired) electrons. The van der Waals surface area contributed by atoms with Crippen molar-refractivity contribution in [1.82, 2.24) is 14.5 Å². The van der Waals surface area contributed by atoms with Gasteiger partial charge in [-0.1, -0.05) is 48.5 Å². The zero-order valence-electron chi connectivity index (χ0n) is 21.7. The number of ether oxygens (including phenoxy) is 1. The summed E-state index contributed by atoms with van der Waals surface area (Å²) in [5.74, 6) is 0.530. The molecule has 4 aromatic rings. The highest BCUT2D eigenvalue weighted by Gasteiger charge is 2.16. The molecule has 0 aliphatic rings. The number of nitrogens with two attached hydrogens (primary N) is 1. The molecule has 3 N–H and O–H groups in total. The van der Waals surface area contributed by atoms with Gasteiger partial charge in [0, 0.05) is 50.1 Å². The van der Waals surface area contributed by atoms with E-state index >= 15 is 0 Å². The van der Waals surface area contributed by atoms with Crippen LogP contribution in [0, 0.1) is 13.8 Å². The van der Waals surface area contributed by atoms with Crippen molar-refractivity contribution < 1.29 is 9.53 Å². The molecule has 192 valence electrons. The molecule has 7 heteroatoms. The predicted molar refractivity (Wildman–Crippen MR) is 146 cm³/mol. The second-order valence-corrected chi connectivity index (χ2v) is 9.22. The maximum atomic E-state index is 12.6. The lowest BCUT2D eigenvalue weighted by Crippen LogP contribution is -2.27. The fourth-order valence-corrected chi connectivity index (χ4v) is 4.48. The third-order valence-electron chi connectivity index (χ3n) is 6.61. The van der Waals surface area contributed by atoms with Gasteiger partial charge in [0.25, 0.3) is 5.56 Å². The molecule has 2 heterocycles. The molecule has 37 heavy (non-hydrogen) atoms. The standard InChI is InChI=1S/C30H34N4O3/c1-4-34-27(17-23-8-10-24(11-9-23)20-33-14-6-5-7-28(33)35)22(3)16-29(34)37-30(36)32-19-26-13-12-25(18-31)15-21(26)2/h5-16H,4,17-20,31H2,1-3H3,(H,32,36). The first-order valence-corrected chi connectivity index (χ1v) is 12.5. The van der Waals surface area contributed by atoms with Gasteiger partial charge >= 0.3 is 6.09 Å². The van der Waals surface area contributed by atoms with Crippen LogP contribution >= 0.6 is 0 Å². The molecular formula is C30H34N4O3. The van der Waals surface area contributed by atoms with Crippen LogP contribution in [0.2, 0.25) is 0 Å². The Hall–Kier alpha value is -4.10. The molecular weight excluding hydrogens is 464 g/mol. The third kappa shape index (κ3) is 6.37. The normalized spacial score (nSPS) is 10.9. The summed E-state index contributed by atoms with van der Waals surface area (Å²) in [5, 5.41) is 2.86. The minimum atomic E-state index is -0.485. The Labute approximate surface area is 217 Å². The first kappa shape index (κ1) is 26.0. The molecule has 0 aliphatic carbocycles. The van der Waals surface area contributed by atoms with Crippen molar-refractivity contribution in [2.45, 2.75) is 53.4 Å². The topological polar surface area (TPSA) is 91.3 Å². The van der Waals surface area contributed by atoms with Gasteiger partial charge in [-0.3, -0.25) is 4.79 Å². The molecule has 4 rings (SSSR count). The second kappa shape index (κ2) is 11.8. The quantitative estimate of drug-likeness (QED) is 0.351. The lowest BCUT2D eigenvalue weighted by molar-refractivity contribution is 0.196. The van der Waals surface area contributed by atoms with E-state index in [1.54, 1.807) is 22.9 Å². The SMILES string of the molecule is CCn1c(OC(=O)NCc2ccc(CN)cc2C)cc(C)c1Cc1ccc(Cn2ccccc2=O)cc1. The van der Waals surface area contributed by atoms with E-state index in [0.717, 1.165) is 39.1 Å². The lowest BCUT2D eigenvalue weighted by atomic mass is 10.1. The van der Waals surface area contributed by atoms with Crippen molar-refractivity contribution in [1.29, 1.82) is 0 Å². The number of carbonyl (C=O) groups is 1. The molecule has 7 nitrogen and oxygen atoms in total. The maximum absolute atomic E-state index is 12.6. The molecule has 0 bridgehead atoms. The summed E-state index contributed by atoms with van der Waals surface area (Å²) < 4.78 is 9.42. The van der Waals surface area contributed by atoms with E-state index in [0.29, 0.717) is 38.5 Å². The fraction of sp³-hybridized carbons (Fsp3) is 0.267. The summed E-state index contributed by atoms with van der Waals surface area (Å²) in [6, 6.07) is 21.4. The van der Waals surface area contributed by atoms with Crippen LogP contribution in [0.25, 0.3) is 0 Å². The number of nitrogens with zero attached hydrogens (tertiary/aromatic N) is 2. The Balaban J connectivity index is 1.41. The van der Waals surface area contributed by atoms with Crippen LogP contribution in [0.3, 0.4) is 0 Å². The minimum Gasteiger partial charge on any atom is -0.393 e. The highest BCUT2D eigenvalue weighted by atomic mass is 16.6. The van der Waals surface area contributed by atoms with Crippen molar-refractivity contribution in [3.8, 4) is 5.88 Å². The highest BCUT2D eigenvalue weighted by molar-refractivity contribution is 5.70. The van der Waals surface area contributed by atoms with Crippen molar-refractivity contribution in [3.63, 3.8) is 0 Å². The van der Waals surface area contributed by atoms with E-state index in [1.807, 2.05) is 55.7 Å². The molecule has 0 unspecified atom stereocenters. The summed E-state index contributed by atoms with van der Waals surface area (Å²) in [6.45, 7) is 8.17. The average Bonchev–Trinajstić information content (AvgIpc) is 3.18. The van der Waals surface area contributed by atoms with E-state index in [2.05, 4.69) is 29.6 Å². The van der Waals surface area contributed by atoms with Crippen molar-refractivity contribution >= 4 is 6.09 Å². The van der Waals surface area contributed by atoms with Crippen LogP contribution in [0.5, 0.6) is 5.88 Å². The van der Waals surface area contributed by atoms with Gasteiger partial charge in [0.15, 0.2) is 0 Å². The predicted octanol–water partition coefficient (Wildman–Crippen LogP) is 4.67. The van der Waals surface area contributed by atoms with Gasteiger partial charge in [0.05, 0.1) is 6.54 Å². The molecule has 0 atom stereocenters.